The molecule has 2 aliphatic heterocycles. The quantitative estimate of drug-likeness (QED) is 0.0394. The molecule has 2 heterocycles. The maximum absolute atomic E-state index is 11.0. The number of aliphatic hydroxyl groups excluding tert-OH is 2. The van der Waals surface area contributed by atoms with Crippen LogP contribution >= 0.6 is 23.2 Å². The van der Waals surface area contributed by atoms with Crippen molar-refractivity contribution < 1.29 is 58.4 Å². The van der Waals surface area contributed by atoms with E-state index in [2.05, 4.69) is 36.6 Å². The molecule has 16 heteroatoms. The van der Waals surface area contributed by atoms with Crippen LogP contribution in [0.5, 0.6) is 23.0 Å². The second-order valence-corrected chi connectivity index (χ2v) is 17.2. The monoisotopic (exact) mass is 924 g/mol. The lowest BCUT2D eigenvalue weighted by molar-refractivity contribution is -0.140. The van der Waals surface area contributed by atoms with Crippen molar-refractivity contribution in [2.45, 2.75) is 78.0 Å². The number of aliphatic carboxylic acids is 2. The van der Waals surface area contributed by atoms with Gasteiger partial charge in [0.05, 0.1) is 61.5 Å². The summed E-state index contributed by atoms with van der Waals surface area (Å²) in [5.74, 6) is 0.424. The zero-order chi connectivity index (χ0) is 45.6. The van der Waals surface area contributed by atoms with Crippen molar-refractivity contribution in [3.8, 4) is 34.1 Å². The van der Waals surface area contributed by atoms with Gasteiger partial charge in [0.2, 0.25) is 0 Å². The van der Waals surface area contributed by atoms with Gasteiger partial charge in [-0.25, -0.2) is 0 Å². The maximum atomic E-state index is 11.0. The van der Waals surface area contributed by atoms with E-state index in [1.54, 1.807) is 24.3 Å². The van der Waals surface area contributed by atoms with Crippen LogP contribution in [0.3, 0.4) is 0 Å². The summed E-state index contributed by atoms with van der Waals surface area (Å²) >= 11 is 13.6. The fourth-order valence-corrected chi connectivity index (χ4v) is 8.11. The summed E-state index contributed by atoms with van der Waals surface area (Å²) in [4.78, 5) is 22.0. The molecule has 64 heavy (non-hydrogen) atoms. The molecule has 2 aliphatic rings. The second-order valence-electron chi connectivity index (χ2n) is 16.4. The van der Waals surface area contributed by atoms with E-state index in [-0.39, 0.29) is 51.0 Å². The third-order valence-electron chi connectivity index (χ3n) is 11.4. The van der Waals surface area contributed by atoms with Crippen molar-refractivity contribution in [3.05, 3.63) is 104 Å². The first-order valence-corrected chi connectivity index (χ1v) is 22.3. The van der Waals surface area contributed by atoms with Crippen molar-refractivity contribution >= 4 is 35.1 Å². The summed E-state index contributed by atoms with van der Waals surface area (Å²) in [5, 5.41) is 45.1. The molecule has 6 rings (SSSR count). The summed E-state index contributed by atoms with van der Waals surface area (Å²) in [6, 6.07) is 19.3. The number of carbonyl (C=O) groups is 2. The Labute approximate surface area is 383 Å². The highest BCUT2D eigenvalue weighted by Gasteiger charge is 2.22. The Kier molecular flexibility index (Phi) is 18.3. The largest absolute Gasteiger partial charge is 0.493 e. The lowest BCUT2D eigenvalue weighted by Crippen LogP contribution is -2.28. The Bertz CT molecular complexity index is 2040. The molecule has 0 aromatic heterocycles. The molecule has 4 aromatic carbocycles. The van der Waals surface area contributed by atoms with E-state index in [9.17, 15) is 19.8 Å². The van der Waals surface area contributed by atoms with E-state index in [1.165, 1.54) is 0 Å². The third kappa shape index (κ3) is 14.2. The van der Waals surface area contributed by atoms with Crippen molar-refractivity contribution in [2.24, 2.45) is 11.8 Å². The molecule has 0 aliphatic carbocycles. The third-order valence-corrected chi connectivity index (χ3v) is 12.0. The van der Waals surface area contributed by atoms with E-state index in [4.69, 9.17) is 61.8 Å². The van der Waals surface area contributed by atoms with Gasteiger partial charge in [-0.3, -0.25) is 9.59 Å². The molecule has 0 saturated carbocycles. The van der Waals surface area contributed by atoms with Gasteiger partial charge in [-0.15, -0.1) is 0 Å². The minimum absolute atomic E-state index is 0.0885. The number of aliphatic hydroxyl groups is 2. The zero-order valence-electron chi connectivity index (χ0n) is 36.2. The maximum Gasteiger partial charge on any atom is 0.306 e. The van der Waals surface area contributed by atoms with Crippen LogP contribution in [0, 0.1) is 25.7 Å². The van der Waals surface area contributed by atoms with Gasteiger partial charge in [0.1, 0.15) is 36.2 Å². The van der Waals surface area contributed by atoms with E-state index >= 15 is 0 Å². The summed E-state index contributed by atoms with van der Waals surface area (Å²) in [5.41, 5.74) is 7.58. The minimum Gasteiger partial charge on any atom is -0.493 e. The van der Waals surface area contributed by atoms with Gasteiger partial charge in [-0.05, 0) is 72.2 Å². The molecular formula is C48H58Cl2N2O12. The summed E-state index contributed by atoms with van der Waals surface area (Å²) in [6.45, 7) is 8.91. The molecule has 4 aromatic rings. The van der Waals surface area contributed by atoms with Crippen LogP contribution in [0.4, 0.5) is 0 Å². The Morgan fingerprint density at radius 2 is 1.06 bits per heavy atom. The lowest BCUT2D eigenvalue weighted by atomic mass is 9.92. The summed E-state index contributed by atoms with van der Waals surface area (Å²) < 4.78 is 36.3. The fraction of sp³-hybridized carbons (Fsp3) is 0.458. The molecule has 2 fully saturated rings. The molecule has 4 atom stereocenters. The first-order chi connectivity index (χ1) is 30.8. The number of hydrogen-bond acceptors (Lipinski definition) is 12. The van der Waals surface area contributed by atoms with Gasteiger partial charge in [-0.2, -0.15) is 0 Å². The molecule has 14 nitrogen and oxygen atoms in total. The number of ether oxygens (including phenoxy) is 6. The summed E-state index contributed by atoms with van der Waals surface area (Å²) in [7, 11) is 0. The molecule has 2 saturated heterocycles. The van der Waals surface area contributed by atoms with Gasteiger partial charge in [0.15, 0.2) is 0 Å². The number of hydrogen-bond donors (Lipinski definition) is 6. The molecule has 0 radical (unpaired) electrons. The molecule has 0 bridgehead atoms. The van der Waals surface area contributed by atoms with Crippen LogP contribution in [-0.4, -0.2) is 97.3 Å². The normalized spacial score (nSPS) is 17.0. The fourth-order valence-electron chi connectivity index (χ4n) is 7.63. The molecular weight excluding hydrogens is 867 g/mol. The van der Waals surface area contributed by atoms with Crippen LogP contribution in [0.2, 0.25) is 10.0 Å². The first-order valence-electron chi connectivity index (χ1n) is 21.5. The number of nitrogens with one attached hydrogen (secondary N) is 2. The Balaban J connectivity index is 1.14. The molecule has 0 amide bonds. The van der Waals surface area contributed by atoms with Crippen molar-refractivity contribution in [2.75, 3.05) is 52.7 Å². The predicted octanol–water partition coefficient (Wildman–Crippen LogP) is 7.12. The number of benzene rings is 4. The predicted molar refractivity (Wildman–Crippen MR) is 242 cm³/mol. The van der Waals surface area contributed by atoms with Crippen molar-refractivity contribution in [1.82, 2.24) is 10.6 Å². The Morgan fingerprint density at radius 3 is 1.44 bits per heavy atom. The van der Waals surface area contributed by atoms with E-state index < -0.39 is 24.1 Å². The number of carboxylic acid groups (broad SMARTS) is 2. The van der Waals surface area contributed by atoms with Crippen LogP contribution in [0.25, 0.3) is 11.1 Å². The minimum atomic E-state index is -1.07. The number of carboxylic acids is 2. The molecule has 346 valence electrons. The highest BCUT2D eigenvalue weighted by atomic mass is 35.5. The van der Waals surface area contributed by atoms with Crippen molar-refractivity contribution in [3.63, 3.8) is 0 Å². The van der Waals surface area contributed by atoms with Gasteiger partial charge in [-0.1, -0.05) is 59.6 Å². The SMILES string of the molecule is Cc1c(COc2cc(OCC3CCOC3)c(CNCC(O)CC(=O)O)cc2Cl)cccc1-c1cccc(COc2cc(OCC3CCOC3)c(CNCC(O)CC(=O)O)cc2Cl)c1C. The Morgan fingerprint density at radius 1 is 0.641 bits per heavy atom. The van der Waals surface area contributed by atoms with E-state index in [1.807, 2.05) is 24.3 Å². The summed E-state index contributed by atoms with van der Waals surface area (Å²) in [6.07, 6.45) is -0.992. The van der Waals surface area contributed by atoms with Crippen LogP contribution in [0.1, 0.15) is 59.1 Å². The second kappa shape index (κ2) is 24.0. The number of rotatable bonds is 25. The zero-order valence-corrected chi connectivity index (χ0v) is 37.7. The molecule has 6 N–H and O–H groups in total. The molecule has 4 unspecified atom stereocenters. The lowest BCUT2D eigenvalue weighted by Gasteiger charge is -2.20. The first kappa shape index (κ1) is 48.8. The van der Waals surface area contributed by atoms with Crippen LogP contribution < -0.4 is 29.6 Å². The van der Waals surface area contributed by atoms with Gasteiger partial charge >= 0.3 is 11.9 Å². The van der Waals surface area contributed by atoms with Crippen LogP contribution in [-0.2, 0) is 45.4 Å². The number of halogens is 2. The average molecular weight is 926 g/mol. The highest BCUT2D eigenvalue weighted by molar-refractivity contribution is 6.32. The highest BCUT2D eigenvalue weighted by Crippen LogP contribution is 2.37. The Hall–Kier alpha value is -4.64. The van der Waals surface area contributed by atoms with Gasteiger partial charge < -0.3 is 59.5 Å². The van der Waals surface area contributed by atoms with Crippen LogP contribution in [0.15, 0.2) is 60.7 Å². The van der Waals surface area contributed by atoms with E-state index in [0.717, 1.165) is 57.3 Å². The van der Waals surface area contributed by atoms with Gasteiger partial charge in [0.25, 0.3) is 0 Å². The van der Waals surface area contributed by atoms with E-state index in [0.29, 0.717) is 85.8 Å². The standard InChI is InChI=1S/C48H58Cl2N2O12/c1-29-33(27-63-45-17-43(61-25-31-9-11-59-23-31)35(13-41(45)49)19-51-21-37(53)15-47(55)56)5-3-7-39(29)40-8-4-6-34(30(40)2)28-64-46-18-44(62-26-32-10-12-60-24-32)36(14-42(46)50)20-52-22-38(54)16-48(57)58/h3-8,13-14,17-18,31-32,37-38,51-54H,9-12,15-16,19-28H2,1-2H3,(H,55,56)(H,57,58). The topological polar surface area (TPSA) is 194 Å². The van der Waals surface area contributed by atoms with Crippen molar-refractivity contribution in [1.29, 1.82) is 0 Å². The smallest absolute Gasteiger partial charge is 0.306 e. The average Bonchev–Trinajstić information content (AvgIpc) is 3.98. The molecule has 0 spiro atoms. The van der Waals surface area contributed by atoms with Gasteiger partial charge in [0, 0.05) is 74.5 Å².